The molecule has 0 radical (unpaired) electrons. The molecule has 1 amide bonds. The molecule has 0 heterocycles. The topological polar surface area (TPSA) is 101 Å². The lowest BCUT2D eigenvalue weighted by atomic mass is 9.82. The van der Waals surface area contributed by atoms with Crippen molar-refractivity contribution < 1.29 is 23.1 Å². The maximum absolute atomic E-state index is 12.4. The minimum Gasteiger partial charge on any atom is -0.481 e. The number of carbonyl (C=O) groups excluding carboxylic acids is 1. The van der Waals surface area contributed by atoms with Crippen molar-refractivity contribution in [3.8, 4) is 0 Å². The van der Waals surface area contributed by atoms with Crippen LogP contribution in [-0.2, 0) is 25.2 Å². The molecular formula is C16H19NO5S. The van der Waals surface area contributed by atoms with E-state index in [0.717, 1.165) is 6.26 Å². The number of aliphatic carboxylic acids is 1. The van der Waals surface area contributed by atoms with E-state index in [4.69, 9.17) is 0 Å². The summed E-state index contributed by atoms with van der Waals surface area (Å²) in [7, 11) is -3.16. The number of carboxylic acid groups (broad SMARTS) is 1. The summed E-state index contributed by atoms with van der Waals surface area (Å²) in [6, 6.07) is 6.57. The van der Waals surface area contributed by atoms with Gasteiger partial charge in [0.2, 0.25) is 5.91 Å². The molecule has 2 unspecified atom stereocenters. The fraction of sp³-hybridized carbons (Fsp3) is 0.375. The third-order valence-electron chi connectivity index (χ3n) is 3.71. The summed E-state index contributed by atoms with van der Waals surface area (Å²) in [5.41, 5.74) is 1.04. The van der Waals surface area contributed by atoms with E-state index < -0.39 is 27.6 Å². The van der Waals surface area contributed by atoms with Crippen molar-refractivity contribution in [2.24, 2.45) is 11.8 Å². The number of allylic oxidation sites excluding steroid dienone is 2. The molecule has 0 aromatic heterocycles. The number of hydrogen-bond donors (Lipinski definition) is 2. The molecule has 7 heteroatoms. The average molecular weight is 337 g/mol. The van der Waals surface area contributed by atoms with Crippen LogP contribution >= 0.6 is 0 Å². The molecule has 0 saturated heterocycles. The molecule has 2 rings (SSSR count). The molecule has 1 aromatic rings. The first-order chi connectivity index (χ1) is 10.8. The van der Waals surface area contributed by atoms with E-state index in [2.05, 4.69) is 5.32 Å². The molecule has 124 valence electrons. The highest BCUT2D eigenvalue weighted by Crippen LogP contribution is 2.27. The first kappa shape index (κ1) is 17.2. The van der Waals surface area contributed by atoms with Crippen molar-refractivity contribution >= 4 is 27.4 Å². The van der Waals surface area contributed by atoms with Gasteiger partial charge in [-0.1, -0.05) is 24.3 Å². The van der Waals surface area contributed by atoms with E-state index >= 15 is 0 Å². The van der Waals surface area contributed by atoms with Crippen LogP contribution in [0.1, 0.15) is 18.4 Å². The summed E-state index contributed by atoms with van der Waals surface area (Å²) in [5.74, 6) is -2.82. The van der Waals surface area contributed by atoms with Gasteiger partial charge >= 0.3 is 5.97 Å². The first-order valence-electron chi connectivity index (χ1n) is 7.21. The quantitative estimate of drug-likeness (QED) is 0.799. The van der Waals surface area contributed by atoms with Crippen molar-refractivity contribution in [3.63, 3.8) is 0 Å². The summed E-state index contributed by atoms with van der Waals surface area (Å²) in [6.45, 7) is 0. The highest BCUT2D eigenvalue weighted by atomic mass is 32.2. The van der Waals surface area contributed by atoms with Gasteiger partial charge in [0, 0.05) is 11.9 Å². The second kappa shape index (κ2) is 6.95. The molecule has 1 aliphatic carbocycles. The number of carboxylic acids is 1. The van der Waals surface area contributed by atoms with Crippen LogP contribution in [0.3, 0.4) is 0 Å². The summed E-state index contributed by atoms with van der Waals surface area (Å²) in [6.07, 6.45) is 5.44. The molecule has 2 atom stereocenters. The monoisotopic (exact) mass is 337 g/mol. The number of nitrogens with one attached hydrogen (secondary N) is 1. The standard InChI is InChI=1S/C16H19NO5S/c1-23(21,22)10-11-5-4-6-12(9-11)17-15(18)13-7-2-3-8-14(13)16(19)20/h2-6,9,13-14H,7-8,10H2,1H3,(H,17,18)(H,19,20). The fourth-order valence-corrected chi connectivity index (χ4v) is 3.44. The molecular weight excluding hydrogens is 318 g/mol. The third kappa shape index (κ3) is 4.92. The SMILES string of the molecule is CS(=O)(=O)Cc1cccc(NC(=O)C2CC=CCC2C(=O)O)c1. The van der Waals surface area contributed by atoms with E-state index in [-0.39, 0.29) is 11.7 Å². The van der Waals surface area contributed by atoms with Gasteiger partial charge in [-0.05, 0) is 30.5 Å². The molecule has 0 saturated carbocycles. The smallest absolute Gasteiger partial charge is 0.307 e. The Balaban J connectivity index is 2.12. The van der Waals surface area contributed by atoms with E-state index in [1.807, 2.05) is 6.08 Å². The number of anilines is 1. The Morgan fingerprint density at radius 2 is 1.87 bits per heavy atom. The molecule has 23 heavy (non-hydrogen) atoms. The average Bonchev–Trinajstić information content (AvgIpc) is 2.45. The van der Waals surface area contributed by atoms with E-state index in [1.165, 1.54) is 0 Å². The maximum atomic E-state index is 12.4. The van der Waals surface area contributed by atoms with Crippen LogP contribution in [0, 0.1) is 11.8 Å². The molecule has 1 aliphatic rings. The molecule has 0 bridgehead atoms. The lowest BCUT2D eigenvalue weighted by Gasteiger charge is -2.24. The van der Waals surface area contributed by atoms with Crippen molar-refractivity contribution in [3.05, 3.63) is 42.0 Å². The Morgan fingerprint density at radius 1 is 1.22 bits per heavy atom. The summed E-state index contributed by atoms with van der Waals surface area (Å²) in [4.78, 5) is 23.6. The molecule has 6 nitrogen and oxygen atoms in total. The third-order valence-corrected chi connectivity index (χ3v) is 4.57. The van der Waals surface area contributed by atoms with Crippen LogP contribution < -0.4 is 5.32 Å². The number of sulfone groups is 1. The van der Waals surface area contributed by atoms with E-state index in [0.29, 0.717) is 24.1 Å². The molecule has 1 aromatic carbocycles. The van der Waals surface area contributed by atoms with Gasteiger partial charge in [-0.3, -0.25) is 9.59 Å². The number of amides is 1. The first-order valence-corrected chi connectivity index (χ1v) is 9.27. The highest BCUT2D eigenvalue weighted by molar-refractivity contribution is 7.89. The van der Waals surface area contributed by atoms with Crippen molar-refractivity contribution in [1.29, 1.82) is 0 Å². The van der Waals surface area contributed by atoms with Gasteiger partial charge in [0.25, 0.3) is 0 Å². The van der Waals surface area contributed by atoms with Crippen LogP contribution in [-0.4, -0.2) is 31.7 Å². The zero-order valence-corrected chi connectivity index (χ0v) is 13.5. The fourth-order valence-electron chi connectivity index (χ4n) is 2.65. The van der Waals surface area contributed by atoms with Gasteiger partial charge in [-0.2, -0.15) is 0 Å². The Bertz CT molecular complexity index is 739. The van der Waals surface area contributed by atoms with Gasteiger partial charge in [0.05, 0.1) is 17.6 Å². The summed E-state index contributed by atoms with van der Waals surface area (Å²) in [5, 5.41) is 11.9. The Hall–Kier alpha value is -2.15. The van der Waals surface area contributed by atoms with Crippen molar-refractivity contribution in [2.45, 2.75) is 18.6 Å². The number of benzene rings is 1. The zero-order chi connectivity index (χ0) is 17.0. The largest absolute Gasteiger partial charge is 0.481 e. The maximum Gasteiger partial charge on any atom is 0.307 e. The van der Waals surface area contributed by atoms with Crippen LogP contribution in [0.25, 0.3) is 0 Å². The van der Waals surface area contributed by atoms with Crippen LogP contribution in [0.15, 0.2) is 36.4 Å². The van der Waals surface area contributed by atoms with E-state index in [9.17, 15) is 23.1 Å². The Kier molecular flexibility index (Phi) is 5.20. The number of hydrogen-bond acceptors (Lipinski definition) is 4. The van der Waals surface area contributed by atoms with Crippen molar-refractivity contribution in [1.82, 2.24) is 0 Å². The van der Waals surface area contributed by atoms with Gasteiger partial charge in [-0.15, -0.1) is 0 Å². The second-order valence-electron chi connectivity index (χ2n) is 5.75. The number of rotatable bonds is 5. The van der Waals surface area contributed by atoms with Crippen LogP contribution in [0.4, 0.5) is 5.69 Å². The van der Waals surface area contributed by atoms with Gasteiger partial charge in [0.1, 0.15) is 0 Å². The van der Waals surface area contributed by atoms with Gasteiger partial charge in [0.15, 0.2) is 9.84 Å². The Morgan fingerprint density at radius 3 is 2.48 bits per heavy atom. The summed E-state index contributed by atoms with van der Waals surface area (Å²) < 4.78 is 22.7. The molecule has 0 spiro atoms. The molecule has 0 fully saturated rings. The van der Waals surface area contributed by atoms with Crippen LogP contribution in [0.5, 0.6) is 0 Å². The van der Waals surface area contributed by atoms with Gasteiger partial charge < -0.3 is 10.4 Å². The number of carbonyl (C=O) groups is 2. The van der Waals surface area contributed by atoms with Crippen molar-refractivity contribution in [2.75, 3.05) is 11.6 Å². The predicted molar refractivity (Wildman–Crippen MR) is 86.6 cm³/mol. The van der Waals surface area contributed by atoms with Gasteiger partial charge in [-0.25, -0.2) is 8.42 Å². The molecule has 0 aliphatic heterocycles. The van der Waals surface area contributed by atoms with E-state index in [1.54, 1.807) is 30.3 Å². The van der Waals surface area contributed by atoms with Crippen LogP contribution in [0.2, 0.25) is 0 Å². The minimum atomic E-state index is -3.16. The Labute approximate surface area is 135 Å². The normalized spacial score (nSPS) is 20.9. The highest BCUT2D eigenvalue weighted by Gasteiger charge is 2.33. The zero-order valence-electron chi connectivity index (χ0n) is 12.7. The predicted octanol–water partition coefficient (Wildman–Crippen LogP) is 1.84. The lowest BCUT2D eigenvalue weighted by molar-refractivity contribution is -0.146. The minimum absolute atomic E-state index is 0.110. The summed E-state index contributed by atoms with van der Waals surface area (Å²) >= 11 is 0. The lowest BCUT2D eigenvalue weighted by Crippen LogP contribution is -2.34. The molecule has 2 N–H and O–H groups in total. The second-order valence-corrected chi connectivity index (χ2v) is 7.89.